The van der Waals surface area contributed by atoms with Crippen LogP contribution in [0.1, 0.15) is 35.1 Å². The van der Waals surface area contributed by atoms with Crippen molar-refractivity contribution in [3.8, 4) is 11.1 Å². The number of amidine groups is 1. The quantitative estimate of drug-likeness (QED) is 0.144. The molecule has 1 unspecified atom stereocenters. The van der Waals surface area contributed by atoms with Crippen LogP contribution < -0.4 is 11.1 Å². The van der Waals surface area contributed by atoms with Crippen LogP contribution in [0.15, 0.2) is 71.9 Å². The molecule has 4 N–H and O–H groups in total. The Bertz CT molecular complexity index is 1260. The first-order valence-electron chi connectivity index (χ1n) is 11.5. The van der Waals surface area contributed by atoms with E-state index in [-0.39, 0.29) is 37.0 Å². The second kappa shape index (κ2) is 10.9. The van der Waals surface area contributed by atoms with Crippen molar-refractivity contribution in [2.45, 2.75) is 25.3 Å². The Morgan fingerprint density at radius 2 is 1.69 bits per heavy atom. The molecule has 0 bridgehead atoms. The van der Waals surface area contributed by atoms with Crippen LogP contribution in [0.3, 0.4) is 0 Å². The lowest BCUT2D eigenvalue weighted by atomic mass is 9.98. The minimum absolute atomic E-state index is 0.0452. The van der Waals surface area contributed by atoms with Crippen LogP contribution in [0.2, 0.25) is 0 Å². The Morgan fingerprint density at radius 3 is 2.28 bits per heavy atom. The van der Waals surface area contributed by atoms with E-state index >= 15 is 0 Å². The molecule has 0 saturated carbocycles. The van der Waals surface area contributed by atoms with Gasteiger partial charge in [-0.25, -0.2) is 14.0 Å². The lowest BCUT2D eigenvalue weighted by molar-refractivity contribution is -0.145. The fourth-order valence-corrected chi connectivity index (χ4v) is 4.40. The van der Waals surface area contributed by atoms with Gasteiger partial charge in [0.2, 0.25) is 0 Å². The highest BCUT2D eigenvalue weighted by Gasteiger charge is 2.30. The van der Waals surface area contributed by atoms with Crippen molar-refractivity contribution in [3.63, 3.8) is 0 Å². The molecule has 36 heavy (non-hydrogen) atoms. The van der Waals surface area contributed by atoms with Crippen LogP contribution in [-0.4, -0.2) is 42.4 Å². The molecule has 0 aromatic heterocycles. The molecular formula is C27H26FN3O5. The number of hydrogen-bond acceptors (Lipinski definition) is 6. The minimum atomic E-state index is -1.10. The van der Waals surface area contributed by atoms with E-state index < -0.39 is 23.9 Å². The number of nitrogens with one attached hydrogen (secondary N) is 1. The van der Waals surface area contributed by atoms with Gasteiger partial charge in [0.05, 0.1) is 12.2 Å². The number of benzene rings is 3. The largest absolute Gasteiger partial charge is 0.464 e. The first-order chi connectivity index (χ1) is 17.4. The first-order valence-corrected chi connectivity index (χ1v) is 11.5. The number of nitrogens with zero attached hydrogens (tertiary/aromatic N) is 1. The van der Waals surface area contributed by atoms with Crippen molar-refractivity contribution in [2.75, 3.05) is 13.2 Å². The summed E-state index contributed by atoms with van der Waals surface area (Å²) in [6.07, 6.45) is -0.834. The van der Waals surface area contributed by atoms with E-state index in [1.807, 2.05) is 48.5 Å². The predicted molar refractivity (Wildman–Crippen MR) is 131 cm³/mol. The highest BCUT2D eigenvalue weighted by molar-refractivity contribution is 5.97. The molecule has 0 radical (unpaired) electrons. The number of oxime groups is 1. The topological polar surface area (TPSA) is 123 Å². The maximum absolute atomic E-state index is 14.4. The molecule has 9 heteroatoms. The number of alkyl carbamates (subject to hydrolysis) is 1. The van der Waals surface area contributed by atoms with Gasteiger partial charge in [0.1, 0.15) is 18.5 Å². The van der Waals surface area contributed by atoms with Gasteiger partial charge in [-0.15, -0.1) is 0 Å². The third-order valence-electron chi connectivity index (χ3n) is 6.06. The molecule has 0 heterocycles. The van der Waals surface area contributed by atoms with E-state index in [0.29, 0.717) is 5.56 Å². The lowest BCUT2D eigenvalue weighted by Crippen LogP contribution is -2.44. The Kier molecular flexibility index (Phi) is 7.48. The van der Waals surface area contributed by atoms with Crippen molar-refractivity contribution in [1.29, 1.82) is 0 Å². The SMILES string of the molecule is CCOC(=O)C(Cc1ccc(C(N)=NO)c(F)c1)NC(=O)OCC1c2ccccc2-c2ccccc21. The number of rotatable bonds is 8. The van der Waals surface area contributed by atoms with Gasteiger partial charge in [-0.2, -0.15) is 0 Å². The number of ether oxygens (including phenoxy) is 2. The second-order valence-electron chi connectivity index (χ2n) is 8.28. The summed E-state index contributed by atoms with van der Waals surface area (Å²) in [6.45, 7) is 1.84. The Balaban J connectivity index is 1.46. The first kappa shape index (κ1) is 24.7. The molecule has 0 spiro atoms. The predicted octanol–water partition coefficient (Wildman–Crippen LogP) is 3.93. The van der Waals surface area contributed by atoms with Gasteiger partial charge in [-0.3, -0.25) is 0 Å². The fraction of sp³-hybridized carbons (Fsp3) is 0.222. The van der Waals surface area contributed by atoms with Crippen LogP contribution in [-0.2, 0) is 20.7 Å². The van der Waals surface area contributed by atoms with E-state index in [1.165, 1.54) is 12.1 Å². The highest BCUT2D eigenvalue weighted by Crippen LogP contribution is 2.44. The zero-order valence-corrected chi connectivity index (χ0v) is 19.6. The Morgan fingerprint density at radius 1 is 1.06 bits per heavy atom. The summed E-state index contributed by atoms with van der Waals surface area (Å²) in [5.74, 6) is -1.92. The number of halogens is 1. The molecule has 3 aromatic carbocycles. The summed E-state index contributed by atoms with van der Waals surface area (Å²) in [5, 5.41) is 14.1. The fourth-order valence-electron chi connectivity index (χ4n) is 4.40. The van der Waals surface area contributed by atoms with E-state index in [0.717, 1.165) is 28.3 Å². The minimum Gasteiger partial charge on any atom is -0.464 e. The van der Waals surface area contributed by atoms with Gasteiger partial charge in [0.15, 0.2) is 5.84 Å². The number of nitrogens with two attached hydrogens (primary N) is 1. The summed E-state index contributed by atoms with van der Waals surface area (Å²) in [7, 11) is 0. The summed E-state index contributed by atoms with van der Waals surface area (Å²) in [4.78, 5) is 25.2. The van der Waals surface area contributed by atoms with Crippen LogP contribution >= 0.6 is 0 Å². The standard InChI is InChI=1S/C27H26FN3O5/c1-2-35-26(32)24(14-16-11-12-21(23(28)13-16)25(29)31-34)30-27(33)36-15-22-19-9-5-3-7-17(19)18-8-4-6-10-20(18)22/h3-13,22,24,34H,2,14-15H2,1H3,(H2,29,31)(H,30,33). The summed E-state index contributed by atoms with van der Waals surface area (Å²) < 4.78 is 25.0. The summed E-state index contributed by atoms with van der Waals surface area (Å²) in [6, 6.07) is 18.8. The van der Waals surface area contributed by atoms with Crippen molar-refractivity contribution in [3.05, 3.63) is 94.8 Å². The molecule has 8 nitrogen and oxygen atoms in total. The summed E-state index contributed by atoms with van der Waals surface area (Å²) >= 11 is 0. The zero-order chi connectivity index (χ0) is 25.7. The van der Waals surface area contributed by atoms with Crippen molar-refractivity contribution in [2.24, 2.45) is 10.9 Å². The van der Waals surface area contributed by atoms with E-state index in [9.17, 15) is 14.0 Å². The van der Waals surface area contributed by atoms with Crippen LogP contribution in [0.4, 0.5) is 9.18 Å². The summed E-state index contributed by atoms with van der Waals surface area (Å²) in [5.41, 5.74) is 10.1. The molecule has 4 rings (SSSR count). The average molecular weight is 492 g/mol. The number of carbonyl (C=O) groups excluding carboxylic acids is 2. The number of esters is 1. The van der Waals surface area contributed by atoms with E-state index in [2.05, 4.69) is 10.5 Å². The average Bonchev–Trinajstić information content (AvgIpc) is 3.20. The smallest absolute Gasteiger partial charge is 0.407 e. The van der Waals surface area contributed by atoms with Crippen LogP contribution in [0.5, 0.6) is 0 Å². The van der Waals surface area contributed by atoms with Gasteiger partial charge in [0.25, 0.3) is 0 Å². The van der Waals surface area contributed by atoms with Crippen LogP contribution in [0.25, 0.3) is 11.1 Å². The molecular weight excluding hydrogens is 465 g/mol. The molecule has 3 aromatic rings. The molecule has 0 fully saturated rings. The molecule has 186 valence electrons. The van der Waals surface area contributed by atoms with Crippen molar-refractivity contribution >= 4 is 17.9 Å². The highest BCUT2D eigenvalue weighted by atomic mass is 19.1. The number of fused-ring (bicyclic) bond motifs is 3. The van der Waals surface area contributed by atoms with Gasteiger partial charge >= 0.3 is 12.1 Å². The number of carbonyl (C=O) groups is 2. The van der Waals surface area contributed by atoms with E-state index in [4.69, 9.17) is 20.4 Å². The number of amides is 1. The van der Waals surface area contributed by atoms with Gasteiger partial charge < -0.3 is 25.7 Å². The Labute approximate surface area is 207 Å². The second-order valence-corrected chi connectivity index (χ2v) is 8.28. The maximum Gasteiger partial charge on any atom is 0.407 e. The van der Waals surface area contributed by atoms with Gasteiger partial charge in [0, 0.05) is 12.3 Å². The number of hydrogen-bond donors (Lipinski definition) is 3. The van der Waals surface area contributed by atoms with Crippen molar-refractivity contribution < 1.29 is 28.7 Å². The third-order valence-corrected chi connectivity index (χ3v) is 6.06. The zero-order valence-electron chi connectivity index (χ0n) is 19.6. The third kappa shape index (κ3) is 5.14. The molecule has 1 amide bonds. The monoisotopic (exact) mass is 491 g/mol. The molecule has 0 aliphatic heterocycles. The van der Waals surface area contributed by atoms with Gasteiger partial charge in [-0.1, -0.05) is 59.8 Å². The van der Waals surface area contributed by atoms with Crippen molar-refractivity contribution in [1.82, 2.24) is 5.32 Å². The molecule has 0 saturated heterocycles. The Hall–Kier alpha value is -4.40. The maximum atomic E-state index is 14.4. The lowest BCUT2D eigenvalue weighted by Gasteiger charge is -2.19. The van der Waals surface area contributed by atoms with Crippen LogP contribution in [0, 0.1) is 5.82 Å². The molecule has 1 aliphatic rings. The van der Waals surface area contributed by atoms with Gasteiger partial charge in [-0.05, 0) is 46.9 Å². The van der Waals surface area contributed by atoms with E-state index in [1.54, 1.807) is 6.92 Å². The molecule has 1 atom stereocenters. The molecule has 1 aliphatic carbocycles. The normalized spacial score (nSPS) is 13.4.